The number of Topliss-reactive ketones (excluding diaryl/α,β-unsaturated/α-hetero) is 1. The van der Waals surface area contributed by atoms with Gasteiger partial charge in [0.05, 0.1) is 19.2 Å². The van der Waals surface area contributed by atoms with Crippen LogP contribution in [0.4, 0.5) is 0 Å². The molecular formula is C10H13NO3. The summed E-state index contributed by atoms with van der Waals surface area (Å²) >= 11 is 0. The Labute approximate surface area is 83.0 Å². The van der Waals surface area contributed by atoms with Crippen LogP contribution in [0.1, 0.15) is 6.92 Å². The first-order valence-electron chi connectivity index (χ1n) is 4.02. The summed E-state index contributed by atoms with van der Waals surface area (Å²) in [6.07, 6.45) is 4.22. The fourth-order valence-electron chi connectivity index (χ4n) is 0.681. The van der Waals surface area contributed by atoms with Crippen LogP contribution in [0.15, 0.2) is 29.3 Å². The van der Waals surface area contributed by atoms with E-state index in [1.165, 1.54) is 32.4 Å². The van der Waals surface area contributed by atoms with E-state index in [1.807, 2.05) is 0 Å². The highest BCUT2D eigenvalue weighted by Gasteiger charge is 2.04. The number of carbonyl (C=O) groups excluding carboxylic acids is 2. The minimum atomic E-state index is -0.503. The van der Waals surface area contributed by atoms with Crippen molar-refractivity contribution in [2.75, 3.05) is 13.7 Å². The van der Waals surface area contributed by atoms with Crippen molar-refractivity contribution < 1.29 is 14.3 Å². The van der Waals surface area contributed by atoms with Crippen molar-refractivity contribution in [3.63, 3.8) is 0 Å². The highest BCUT2D eigenvalue weighted by atomic mass is 16.5. The lowest BCUT2D eigenvalue weighted by atomic mass is 10.2. The second-order valence-corrected chi connectivity index (χ2v) is 2.52. The fraction of sp³-hybridized carbons (Fsp3) is 0.300. The van der Waals surface area contributed by atoms with E-state index in [2.05, 4.69) is 16.3 Å². The maximum absolute atomic E-state index is 11.1. The molecule has 0 aliphatic carbocycles. The van der Waals surface area contributed by atoms with Crippen molar-refractivity contribution in [1.29, 1.82) is 0 Å². The van der Waals surface area contributed by atoms with Gasteiger partial charge >= 0.3 is 5.97 Å². The van der Waals surface area contributed by atoms with E-state index in [0.717, 1.165) is 0 Å². The summed E-state index contributed by atoms with van der Waals surface area (Å²) < 4.78 is 4.49. The standard InChI is InChI=1S/C10H13NO3/c1-4-5-9(10(13)14-3)7-11-6-8(2)12/h4-5,7H,1,6H2,2-3H3/b9-5+,11-7?. The first-order valence-corrected chi connectivity index (χ1v) is 4.02. The fourth-order valence-corrected chi connectivity index (χ4v) is 0.681. The van der Waals surface area contributed by atoms with Crippen molar-refractivity contribution in [2.24, 2.45) is 4.99 Å². The van der Waals surface area contributed by atoms with Crippen LogP contribution in [0, 0.1) is 0 Å². The van der Waals surface area contributed by atoms with Crippen LogP contribution in [0.2, 0.25) is 0 Å². The van der Waals surface area contributed by atoms with Crippen molar-refractivity contribution in [1.82, 2.24) is 0 Å². The van der Waals surface area contributed by atoms with Crippen LogP contribution < -0.4 is 0 Å². The van der Waals surface area contributed by atoms with E-state index in [0.29, 0.717) is 0 Å². The molecule has 0 heterocycles. The number of rotatable bonds is 5. The molecule has 0 saturated heterocycles. The number of ketones is 1. The first kappa shape index (κ1) is 12.3. The van der Waals surface area contributed by atoms with Crippen LogP contribution in [-0.2, 0) is 14.3 Å². The van der Waals surface area contributed by atoms with E-state index < -0.39 is 5.97 Å². The monoisotopic (exact) mass is 195 g/mol. The van der Waals surface area contributed by atoms with Crippen molar-refractivity contribution in [2.45, 2.75) is 6.92 Å². The van der Waals surface area contributed by atoms with Crippen LogP contribution in [0.25, 0.3) is 0 Å². The van der Waals surface area contributed by atoms with Crippen LogP contribution in [-0.4, -0.2) is 31.6 Å². The second kappa shape index (κ2) is 6.77. The molecule has 0 rings (SSSR count). The molecule has 0 radical (unpaired) electrons. The summed E-state index contributed by atoms with van der Waals surface area (Å²) in [4.78, 5) is 25.4. The predicted octanol–water partition coefficient (Wildman–Crippen LogP) is 0.932. The molecular weight excluding hydrogens is 182 g/mol. The summed E-state index contributed by atoms with van der Waals surface area (Å²) in [5, 5.41) is 0. The molecule has 76 valence electrons. The number of ether oxygens (including phenoxy) is 1. The Balaban J connectivity index is 4.46. The highest BCUT2D eigenvalue weighted by Crippen LogP contribution is 1.94. The van der Waals surface area contributed by atoms with Gasteiger partial charge in [0.1, 0.15) is 0 Å². The van der Waals surface area contributed by atoms with Gasteiger partial charge in [-0.3, -0.25) is 9.79 Å². The topological polar surface area (TPSA) is 55.7 Å². The first-order chi connectivity index (χ1) is 6.61. The van der Waals surface area contributed by atoms with Gasteiger partial charge in [0.25, 0.3) is 0 Å². The lowest BCUT2D eigenvalue weighted by molar-refractivity contribution is -0.135. The molecule has 0 unspecified atom stereocenters. The molecule has 0 fully saturated rings. The molecule has 0 amide bonds. The van der Waals surface area contributed by atoms with Gasteiger partial charge < -0.3 is 4.74 Å². The largest absolute Gasteiger partial charge is 0.465 e. The lowest BCUT2D eigenvalue weighted by Crippen LogP contribution is -2.06. The third kappa shape index (κ3) is 5.03. The van der Waals surface area contributed by atoms with Crippen LogP contribution in [0.5, 0.6) is 0 Å². The Morgan fingerprint density at radius 2 is 2.14 bits per heavy atom. The van der Waals surface area contributed by atoms with E-state index in [-0.39, 0.29) is 17.9 Å². The van der Waals surface area contributed by atoms with Crippen molar-refractivity contribution in [3.8, 4) is 0 Å². The molecule has 0 N–H and O–H groups in total. The van der Waals surface area contributed by atoms with Gasteiger partial charge in [-0.25, -0.2) is 4.79 Å². The van der Waals surface area contributed by atoms with Gasteiger partial charge in [0, 0.05) is 6.21 Å². The SMILES string of the molecule is C=C/C=C(\C=NCC(C)=O)C(=O)OC. The summed E-state index contributed by atoms with van der Waals surface area (Å²) in [6, 6.07) is 0. The Hall–Kier alpha value is -1.71. The Morgan fingerprint density at radius 1 is 1.50 bits per heavy atom. The minimum absolute atomic E-state index is 0.0610. The van der Waals surface area contributed by atoms with Gasteiger partial charge in [-0.1, -0.05) is 12.7 Å². The molecule has 0 aliphatic heterocycles. The van der Waals surface area contributed by atoms with E-state index in [9.17, 15) is 9.59 Å². The van der Waals surface area contributed by atoms with Crippen LogP contribution >= 0.6 is 0 Å². The number of hydrogen-bond donors (Lipinski definition) is 0. The van der Waals surface area contributed by atoms with Gasteiger partial charge in [-0.05, 0) is 13.0 Å². The molecule has 0 bridgehead atoms. The van der Waals surface area contributed by atoms with E-state index >= 15 is 0 Å². The third-order valence-corrected chi connectivity index (χ3v) is 1.26. The van der Waals surface area contributed by atoms with E-state index in [1.54, 1.807) is 0 Å². The van der Waals surface area contributed by atoms with Gasteiger partial charge in [0.2, 0.25) is 0 Å². The van der Waals surface area contributed by atoms with Gasteiger partial charge in [-0.2, -0.15) is 0 Å². The molecule has 0 atom stereocenters. The Kier molecular flexibility index (Phi) is 5.94. The predicted molar refractivity (Wildman–Crippen MR) is 54.3 cm³/mol. The van der Waals surface area contributed by atoms with Gasteiger partial charge in [-0.15, -0.1) is 0 Å². The lowest BCUT2D eigenvalue weighted by Gasteiger charge is -1.97. The Bertz CT molecular complexity index is 290. The molecule has 0 aromatic heterocycles. The molecule has 14 heavy (non-hydrogen) atoms. The molecule has 0 aromatic rings. The summed E-state index contributed by atoms with van der Waals surface area (Å²) in [5.41, 5.74) is 0.267. The summed E-state index contributed by atoms with van der Waals surface area (Å²) in [6.45, 7) is 4.93. The van der Waals surface area contributed by atoms with Crippen LogP contribution in [0.3, 0.4) is 0 Å². The van der Waals surface area contributed by atoms with Crippen molar-refractivity contribution >= 4 is 18.0 Å². The number of hydrogen-bond acceptors (Lipinski definition) is 4. The highest BCUT2D eigenvalue weighted by molar-refractivity contribution is 6.09. The minimum Gasteiger partial charge on any atom is -0.465 e. The van der Waals surface area contributed by atoms with E-state index in [4.69, 9.17) is 0 Å². The molecule has 4 nitrogen and oxygen atoms in total. The maximum atomic E-state index is 11.1. The number of allylic oxidation sites excluding steroid dienone is 2. The Morgan fingerprint density at radius 3 is 2.57 bits per heavy atom. The zero-order valence-corrected chi connectivity index (χ0v) is 8.32. The molecule has 4 heteroatoms. The molecule has 0 aliphatic rings. The zero-order chi connectivity index (χ0) is 11.0. The second-order valence-electron chi connectivity index (χ2n) is 2.52. The van der Waals surface area contributed by atoms with Gasteiger partial charge in [0.15, 0.2) is 5.78 Å². The smallest absolute Gasteiger partial charge is 0.339 e. The molecule has 0 spiro atoms. The van der Waals surface area contributed by atoms with Crippen molar-refractivity contribution in [3.05, 3.63) is 24.3 Å². The molecule has 0 aromatic carbocycles. The number of aliphatic imine (C=N–C) groups is 1. The number of carbonyl (C=O) groups is 2. The average Bonchev–Trinajstić information content (AvgIpc) is 2.15. The summed E-state index contributed by atoms with van der Waals surface area (Å²) in [5.74, 6) is -0.568. The maximum Gasteiger partial charge on any atom is 0.339 e. The number of nitrogens with zero attached hydrogens (tertiary/aromatic N) is 1. The normalized spacial score (nSPS) is 11.4. The third-order valence-electron chi connectivity index (χ3n) is 1.26. The molecule has 0 saturated carbocycles. The average molecular weight is 195 g/mol. The number of methoxy groups -OCH3 is 1. The quantitative estimate of drug-likeness (QED) is 0.284. The summed E-state index contributed by atoms with van der Waals surface area (Å²) in [7, 11) is 1.28. The zero-order valence-electron chi connectivity index (χ0n) is 8.32. The number of esters is 1.